The van der Waals surface area contributed by atoms with Gasteiger partial charge in [0.05, 0.1) is 10.6 Å². The van der Waals surface area contributed by atoms with Crippen LogP contribution in [0, 0.1) is 4.91 Å². The second kappa shape index (κ2) is 14.3. The molecule has 1 saturated heterocycles. The molecule has 1 aliphatic rings. The van der Waals surface area contributed by atoms with Crippen LogP contribution in [0.2, 0.25) is 0 Å². The summed E-state index contributed by atoms with van der Waals surface area (Å²) < 4.78 is 27.9. The Bertz CT molecular complexity index is 1700. The summed E-state index contributed by atoms with van der Waals surface area (Å²) in [6.45, 7) is 7.60. The third-order valence-electron chi connectivity index (χ3n) is 6.77. The van der Waals surface area contributed by atoms with Gasteiger partial charge in [-0.1, -0.05) is 26.0 Å². The minimum atomic E-state index is -3.83. The smallest absolute Gasteiger partial charge is 0.261 e. The average molecular weight is 617 g/mol. The maximum atomic E-state index is 12.9. The third kappa shape index (κ3) is 7.81. The zero-order valence-electron chi connectivity index (χ0n) is 24.6. The van der Waals surface area contributed by atoms with Crippen LogP contribution in [-0.4, -0.2) is 66.2 Å². The highest BCUT2D eigenvalue weighted by molar-refractivity contribution is 7.92. The molecule has 3 aromatic carbocycles. The average Bonchev–Trinajstić information content (AvgIpc) is 3.06. The van der Waals surface area contributed by atoms with Gasteiger partial charge in [-0.05, 0) is 54.6 Å². The number of aromatic nitrogens is 2. The second-order valence-corrected chi connectivity index (χ2v) is 11.3. The highest BCUT2D eigenvalue weighted by Crippen LogP contribution is 2.24. The summed E-state index contributed by atoms with van der Waals surface area (Å²) >= 11 is 0. The molecule has 13 heteroatoms. The Labute approximate surface area is 256 Å². The predicted molar refractivity (Wildman–Crippen MR) is 168 cm³/mol. The Morgan fingerprint density at radius 3 is 1.98 bits per heavy atom. The van der Waals surface area contributed by atoms with E-state index in [9.17, 15) is 22.9 Å². The lowest BCUT2D eigenvalue weighted by molar-refractivity contribution is -0.379. The van der Waals surface area contributed by atoms with E-state index in [1.165, 1.54) is 31.2 Å². The SMILES string of the molecule is CC.CC(=O)N1CCN(C(=O)c2ccc(Nc3nccc(-c4ccc(NS(=O)(=O)c5ccc([NH+]=O)cc5)cc4)n3)cc2)CC1. The Hall–Kier alpha value is -5.17. The molecule has 5 rings (SSSR count). The lowest BCUT2D eigenvalue weighted by Gasteiger charge is -2.34. The van der Waals surface area contributed by atoms with Crippen LogP contribution >= 0.6 is 0 Å². The number of amides is 2. The van der Waals surface area contributed by atoms with E-state index in [2.05, 4.69) is 20.0 Å². The molecule has 44 heavy (non-hydrogen) atoms. The van der Waals surface area contributed by atoms with Gasteiger partial charge in [-0.15, -0.1) is 0 Å². The van der Waals surface area contributed by atoms with Crippen LogP contribution in [0.5, 0.6) is 0 Å². The Balaban J connectivity index is 0.00000216. The van der Waals surface area contributed by atoms with Crippen LogP contribution in [0.1, 0.15) is 31.1 Å². The van der Waals surface area contributed by atoms with Gasteiger partial charge in [-0.3, -0.25) is 14.3 Å². The lowest BCUT2D eigenvalue weighted by atomic mass is 10.1. The first-order valence-corrected chi connectivity index (χ1v) is 15.6. The Morgan fingerprint density at radius 1 is 0.795 bits per heavy atom. The number of hydrogen-bond donors (Lipinski definition) is 3. The Morgan fingerprint density at radius 2 is 1.39 bits per heavy atom. The van der Waals surface area contributed by atoms with Crippen molar-refractivity contribution in [2.75, 3.05) is 36.2 Å². The highest BCUT2D eigenvalue weighted by atomic mass is 32.2. The molecule has 0 atom stereocenters. The fourth-order valence-electron chi connectivity index (χ4n) is 4.44. The molecule has 3 N–H and O–H groups in total. The van der Waals surface area contributed by atoms with Crippen LogP contribution in [0.25, 0.3) is 11.3 Å². The van der Waals surface area contributed by atoms with Crippen molar-refractivity contribution in [1.29, 1.82) is 0 Å². The summed E-state index contributed by atoms with van der Waals surface area (Å²) in [6, 6.07) is 21.0. The summed E-state index contributed by atoms with van der Waals surface area (Å²) in [5.74, 6) is 0.290. The summed E-state index contributed by atoms with van der Waals surface area (Å²) in [7, 11) is -3.83. The summed E-state index contributed by atoms with van der Waals surface area (Å²) in [6.07, 6.45) is 1.61. The minimum absolute atomic E-state index is 0.0165. The normalized spacial score (nSPS) is 12.9. The molecule has 0 bridgehead atoms. The number of sulfonamides is 1. The molecule has 1 aromatic heterocycles. The molecule has 12 nitrogen and oxygen atoms in total. The molecule has 1 aliphatic heterocycles. The topological polar surface area (TPSA) is 156 Å². The lowest BCUT2D eigenvalue weighted by Crippen LogP contribution is -2.55. The van der Waals surface area contributed by atoms with E-state index in [1.54, 1.807) is 75.8 Å². The van der Waals surface area contributed by atoms with Crippen molar-refractivity contribution in [2.45, 2.75) is 25.7 Å². The molecule has 2 heterocycles. The monoisotopic (exact) mass is 616 g/mol. The van der Waals surface area contributed by atoms with Crippen LogP contribution in [0.15, 0.2) is 90.0 Å². The van der Waals surface area contributed by atoms with Gasteiger partial charge in [0.1, 0.15) is 0 Å². The largest absolute Gasteiger partial charge is 0.339 e. The van der Waals surface area contributed by atoms with Crippen molar-refractivity contribution >= 4 is 44.8 Å². The number of piperazine rings is 1. The van der Waals surface area contributed by atoms with Gasteiger partial charge in [0.25, 0.3) is 21.6 Å². The van der Waals surface area contributed by atoms with Crippen LogP contribution < -0.4 is 15.2 Å². The summed E-state index contributed by atoms with van der Waals surface area (Å²) in [4.78, 5) is 47.4. The number of nitroso groups, excluding NO2 is 1. The molecule has 4 aromatic rings. The first-order valence-electron chi connectivity index (χ1n) is 14.1. The molecular formula is C31H34N7O5S+. The van der Waals surface area contributed by atoms with E-state index in [-0.39, 0.29) is 22.4 Å². The first-order chi connectivity index (χ1) is 21.2. The van der Waals surface area contributed by atoms with E-state index >= 15 is 0 Å². The van der Waals surface area contributed by atoms with Crippen LogP contribution in [-0.2, 0) is 14.8 Å². The molecule has 0 radical (unpaired) electrons. The fraction of sp³-hybridized carbons (Fsp3) is 0.226. The maximum absolute atomic E-state index is 12.9. The van der Waals surface area contributed by atoms with Gasteiger partial charge in [-0.2, -0.15) is 0 Å². The second-order valence-electron chi connectivity index (χ2n) is 9.58. The number of carbonyl (C=O) groups excluding carboxylic acids is 2. The summed E-state index contributed by atoms with van der Waals surface area (Å²) in [5, 5.41) is 4.85. The summed E-state index contributed by atoms with van der Waals surface area (Å²) in [5.41, 5.74) is 3.26. The van der Waals surface area contributed by atoms with Crippen molar-refractivity contribution < 1.29 is 23.2 Å². The van der Waals surface area contributed by atoms with E-state index in [0.717, 1.165) is 5.56 Å². The van der Waals surface area contributed by atoms with Gasteiger partial charge < -0.3 is 15.1 Å². The van der Waals surface area contributed by atoms with Gasteiger partial charge >= 0.3 is 0 Å². The van der Waals surface area contributed by atoms with E-state index in [1.807, 2.05) is 13.8 Å². The minimum Gasteiger partial charge on any atom is -0.339 e. The first kappa shape index (κ1) is 31.8. The molecule has 1 fully saturated rings. The number of hydrogen-bond acceptors (Lipinski definition) is 8. The number of rotatable bonds is 8. The molecular weight excluding hydrogens is 582 g/mol. The fourth-order valence-corrected chi connectivity index (χ4v) is 5.50. The molecule has 0 spiro atoms. The van der Waals surface area contributed by atoms with Crippen molar-refractivity contribution in [3.63, 3.8) is 0 Å². The number of anilines is 3. The quantitative estimate of drug-likeness (QED) is 0.272. The standard InChI is InChI=1S/C29H27N7O5S.C2H6/c1-20(37)35-16-18-36(19-17-35)28(38)22-4-6-23(7-5-22)31-29-30-15-14-27(32-29)21-2-8-25(9-3-21)34-42(40,41)26-12-10-24(33-39)11-13-26;1-2/h2-15,34H,16-19H2,1H3,(H,30,31,32);1-2H3/p+1. The van der Waals surface area contributed by atoms with E-state index in [4.69, 9.17) is 0 Å². The number of carbonyl (C=O) groups is 2. The zero-order valence-corrected chi connectivity index (χ0v) is 25.5. The molecule has 228 valence electrons. The Kier molecular flexibility index (Phi) is 10.3. The van der Waals surface area contributed by atoms with Crippen LogP contribution in [0.4, 0.5) is 23.0 Å². The van der Waals surface area contributed by atoms with Crippen molar-refractivity contribution in [3.05, 3.63) is 95.5 Å². The molecule has 0 unspecified atom stereocenters. The van der Waals surface area contributed by atoms with Crippen molar-refractivity contribution in [1.82, 2.24) is 19.8 Å². The predicted octanol–water partition coefficient (Wildman–Crippen LogP) is 3.50. The molecule has 2 amide bonds. The number of benzene rings is 3. The van der Waals surface area contributed by atoms with E-state index in [0.29, 0.717) is 54.8 Å². The van der Waals surface area contributed by atoms with Gasteiger partial charge in [0.15, 0.2) is 0 Å². The van der Waals surface area contributed by atoms with Gasteiger partial charge in [0, 0.05) is 84.0 Å². The van der Waals surface area contributed by atoms with E-state index < -0.39 is 10.0 Å². The highest BCUT2D eigenvalue weighted by Gasteiger charge is 2.23. The third-order valence-corrected chi connectivity index (χ3v) is 8.17. The maximum Gasteiger partial charge on any atom is 0.261 e. The van der Waals surface area contributed by atoms with Gasteiger partial charge in [0.2, 0.25) is 11.9 Å². The molecule has 0 saturated carbocycles. The molecule has 0 aliphatic carbocycles. The van der Waals surface area contributed by atoms with Crippen LogP contribution in [0.3, 0.4) is 0 Å². The van der Waals surface area contributed by atoms with Gasteiger partial charge in [-0.25, -0.2) is 18.4 Å². The zero-order chi connectivity index (χ0) is 31.7. The number of nitrogens with one attached hydrogen (secondary N) is 3. The van der Waals surface area contributed by atoms with Crippen molar-refractivity contribution in [2.24, 2.45) is 0 Å². The van der Waals surface area contributed by atoms with Crippen molar-refractivity contribution in [3.8, 4) is 11.3 Å². The number of nitrogens with zero attached hydrogens (tertiary/aromatic N) is 4.